The number of cyclic esters (lactones) is 2. The summed E-state index contributed by atoms with van der Waals surface area (Å²) in [6, 6.07) is 15.8. The Kier molecular flexibility index (Phi) is 5.46. The van der Waals surface area contributed by atoms with Crippen molar-refractivity contribution in [2.75, 3.05) is 13.2 Å². The summed E-state index contributed by atoms with van der Waals surface area (Å²) < 4.78 is 9.89. The molecule has 1 atom stereocenters. The Morgan fingerprint density at radius 3 is 2.28 bits per heavy atom. The summed E-state index contributed by atoms with van der Waals surface area (Å²) in [5.74, 6) is -0.510. The Morgan fingerprint density at radius 2 is 1.66 bits per heavy atom. The summed E-state index contributed by atoms with van der Waals surface area (Å²) in [4.78, 5) is 34.4. The first-order valence-electron chi connectivity index (χ1n) is 9.74. The van der Waals surface area contributed by atoms with Crippen LogP contribution < -0.4 is 10.6 Å². The fourth-order valence-corrected chi connectivity index (χ4v) is 3.90. The van der Waals surface area contributed by atoms with Gasteiger partial charge >= 0.3 is 18.2 Å². The Bertz CT molecular complexity index is 897. The van der Waals surface area contributed by atoms with Crippen LogP contribution >= 0.6 is 0 Å². The molecule has 0 saturated carbocycles. The second-order valence-corrected chi connectivity index (χ2v) is 7.15. The van der Waals surface area contributed by atoms with Crippen molar-refractivity contribution in [1.29, 1.82) is 0 Å². The van der Waals surface area contributed by atoms with E-state index in [2.05, 4.69) is 39.6 Å². The number of esters is 1. The molecule has 0 aromatic heterocycles. The van der Waals surface area contributed by atoms with Gasteiger partial charge in [0.25, 0.3) is 0 Å². The fourth-order valence-electron chi connectivity index (χ4n) is 3.90. The first kappa shape index (κ1) is 19.0. The van der Waals surface area contributed by atoms with Gasteiger partial charge in [0, 0.05) is 12.5 Å². The van der Waals surface area contributed by atoms with E-state index in [9.17, 15) is 14.4 Å². The van der Waals surface area contributed by atoms with Crippen LogP contribution in [0.1, 0.15) is 36.3 Å². The third kappa shape index (κ3) is 4.08. The van der Waals surface area contributed by atoms with Gasteiger partial charge in [0.15, 0.2) is 0 Å². The lowest BCUT2D eigenvalue weighted by atomic mass is 9.98. The van der Waals surface area contributed by atoms with Crippen molar-refractivity contribution >= 4 is 18.2 Å². The topological polar surface area (TPSA) is 93.7 Å². The number of ether oxygens (including phenoxy) is 2. The van der Waals surface area contributed by atoms with Crippen LogP contribution in [0.4, 0.5) is 9.59 Å². The van der Waals surface area contributed by atoms with Crippen molar-refractivity contribution in [3.05, 3.63) is 59.7 Å². The predicted octanol–water partition coefficient (Wildman–Crippen LogP) is 3.33. The molecule has 150 valence electrons. The molecule has 4 rings (SSSR count). The van der Waals surface area contributed by atoms with E-state index in [0.717, 1.165) is 0 Å². The molecule has 0 bridgehead atoms. The summed E-state index contributed by atoms with van der Waals surface area (Å²) >= 11 is 0. The van der Waals surface area contributed by atoms with Gasteiger partial charge in [-0.25, -0.2) is 14.4 Å². The number of carbonyl (C=O) groups excluding carboxylic acids is 3. The molecule has 1 aliphatic heterocycles. The molecule has 1 aliphatic carbocycles. The summed E-state index contributed by atoms with van der Waals surface area (Å²) in [5, 5.41) is 5.18. The SMILES string of the molecule is O=C(NCCCC[C@@H]1NC(=O)OC1=O)OCC1c2ccccc2-c2ccccc21. The van der Waals surface area contributed by atoms with Gasteiger partial charge in [0.2, 0.25) is 0 Å². The summed E-state index contributed by atoms with van der Waals surface area (Å²) in [7, 11) is 0. The average molecular weight is 394 g/mol. The number of carbonyl (C=O) groups is 3. The van der Waals surface area contributed by atoms with E-state index >= 15 is 0 Å². The van der Waals surface area contributed by atoms with Crippen molar-refractivity contribution in [2.24, 2.45) is 0 Å². The fraction of sp³-hybridized carbons (Fsp3) is 0.318. The van der Waals surface area contributed by atoms with Crippen LogP contribution in [0, 0.1) is 0 Å². The highest BCUT2D eigenvalue weighted by molar-refractivity contribution is 5.95. The van der Waals surface area contributed by atoms with E-state index in [4.69, 9.17) is 4.74 Å². The van der Waals surface area contributed by atoms with Crippen molar-refractivity contribution in [1.82, 2.24) is 10.6 Å². The maximum absolute atomic E-state index is 12.1. The zero-order chi connectivity index (χ0) is 20.2. The number of alkyl carbamates (subject to hydrolysis) is 2. The predicted molar refractivity (Wildman–Crippen MR) is 105 cm³/mol. The Balaban J connectivity index is 1.22. The molecule has 7 heteroatoms. The van der Waals surface area contributed by atoms with E-state index in [-0.39, 0.29) is 12.5 Å². The molecule has 1 fully saturated rings. The van der Waals surface area contributed by atoms with Gasteiger partial charge in [0.1, 0.15) is 12.6 Å². The number of hydrogen-bond acceptors (Lipinski definition) is 5. The zero-order valence-corrected chi connectivity index (χ0v) is 15.9. The summed E-state index contributed by atoms with van der Waals surface area (Å²) in [6.45, 7) is 0.714. The van der Waals surface area contributed by atoms with Crippen LogP contribution in [0.15, 0.2) is 48.5 Å². The molecular weight excluding hydrogens is 372 g/mol. The van der Waals surface area contributed by atoms with Crippen LogP contribution in [0.2, 0.25) is 0 Å². The van der Waals surface area contributed by atoms with E-state index in [1.807, 2.05) is 24.3 Å². The maximum atomic E-state index is 12.1. The highest BCUT2D eigenvalue weighted by Gasteiger charge is 2.31. The lowest BCUT2D eigenvalue weighted by Crippen LogP contribution is -2.29. The monoisotopic (exact) mass is 394 g/mol. The third-order valence-electron chi connectivity index (χ3n) is 5.30. The van der Waals surface area contributed by atoms with Crippen LogP contribution in [0.25, 0.3) is 11.1 Å². The van der Waals surface area contributed by atoms with Crippen molar-refractivity contribution in [2.45, 2.75) is 31.2 Å². The highest BCUT2D eigenvalue weighted by atomic mass is 16.6. The smallest absolute Gasteiger partial charge is 0.415 e. The van der Waals surface area contributed by atoms with Gasteiger partial charge in [0.05, 0.1) is 0 Å². The number of amides is 2. The number of unbranched alkanes of at least 4 members (excludes halogenated alkanes) is 1. The lowest BCUT2D eigenvalue weighted by molar-refractivity contribution is -0.135. The maximum Gasteiger partial charge on any atom is 0.415 e. The third-order valence-corrected chi connectivity index (χ3v) is 5.30. The lowest BCUT2D eigenvalue weighted by Gasteiger charge is -2.14. The number of benzene rings is 2. The summed E-state index contributed by atoms with van der Waals surface area (Å²) in [6.07, 6.45) is 0.669. The molecular formula is C22H22N2O5. The molecule has 0 radical (unpaired) electrons. The van der Waals surface area contributed by atoms with E-state index < -0.39 is 24.2 Å². The van der Waals surface area contributed by atoms with Crippen molar-refractivity contribution in [3.63, 3.8) is 0 Å². The van der Waals surface area contributed by atoms with Gasteiger partial charge < -0.3 is 20.1 Å². The molecule has 29 heavy (non-hydrogen) atoms. The first-order valence-corrected chi connectivity index (χ1v) is 9.74. The zero-order valence-electron chi connectivity index (χ0n) is 15.9. The molecule has 0 spiro atoms. The van der Waals surface area contributed by atoms with Gasteiger partial charge in [-0.15, -0.1) is 0 Å². The van der Waals surface area contributed by atoms with Crippen LogP contribution in [-0.2, 0) is 14.3 Å². The van der Waals surface area contributed by atoms with Gasteiger partial charge in [-0.05, 0) is 41.5 Å². The van der Waals surface area contributed by atoms with E-state index in [1.54, 1.807) is 0 Å². The second-order valence-electron chi connectivity index (χ2n) is 7.15. The van der Waals surface area contributed by atoms with Gasteiger partial charge in [-0.3, -0.25) is 0 Å². The molecule has 2 aromatic carbocycles. The van der Waals surface area contributed by atoms with Crippen LogP contribution in [0.3, 0.4) is 0 Å². The van der Waals surface area contributed by atoms with Crippen molar-refractivity contribution < 1.29 is 23.9 Å². The standard InChI is InChI=1S/C22H22N2O5/c25-20-19(24-22(27)29-20)11-5-6-12-23-21(26)28-13-18-16-9-3-1-7-14(16)15-8-2-4-10-17(15)18/h1-4,7-10,18-19H,5-6,11-13H2,(H,23,26)(H,24,27)/t19-/m0/s1. The Morgan fingerprint density at radius 1 is 1.00 bits per heavy atom. The van der Waals surface area contributed by atoms with Gasteiger partial charge in [-0.1, -0.05) is 48.5 Å². The minimum absolute atomic E-state index is 0.0325. The first-order chi connectivity index (χ1) is 14.1. The number of nitrogens with one attached hydrogen (secondary N) is 2. The quantitative estimate of drug-likeness (QED) is 0.427. The minimum atomic E-state index is -0.697. The van der Waals surface area contributed by atoms with Crippen LogP contribution in [-0.4, -0.2) is 37.3 Å². The van der Waals surface area contributed by atoms with Gasteiger partial charge in [-0.2, -0.15) is 0 Å². The molecule has 7 nitrogen and oxygen atoms in total. The van der Waals surface area contributed by atoms with Crippen LogP contribution in [0.5, 0.6) is 0 Å². The molecule has 2 N–H and O–H groups in total. The van der Waals surface area contributed by atoms with E-state index in [1.165, 1.54) is 22.3 Å². The van der Waals surface area contributed by atoms with E-state index in [0.29, 0.717) is 25.8 Å². The molecule has 1 saturated heterocycles. The van der Waals surface area contributed by atoms with Crippen molar-refractivity contribution in [3.8, 4) is 11.1 Å². The molecule has 2 amide bonds. The largest absolute Gasteiger partial charge is 0.449 e. The summed E-state index contributed by atoms with van der Waals surface area (Å²) in [5.41, 5.74) is 4.73. The number of fused-ring (bicyclic) bond motifs is 3. The number of rotatable bonds is 7. The average Bonchev–Trinajstić information content (AvgIpc) is 3.22. The molecule has 0 unspecified atom stereocenters. The normalized spacial score (nSPS) is 17.3. The number of hydrogen-bond donors (Lipinski definition) is 2. The Hall–Kier alpha value is -3.35. The highest BCUT2D eigenvalue weighted by Crippen LogP contribution is 2.44. The minimum Gasteiger partial charge on any atom is -0.449 e. The molecule has 2 aromatic rings. The molecule has 1 heterocycles. The molecule has 2 aliphatic rings. The Labute approximate surface area is 168 Å². The second kappa shape index (κ2) is 8.34.